The van der Waals surface area contributed by atoms with E-state index in [0.717, 1.165) is 11.6 Å². The van der Waals surface area contributed by atoms with Gasteiger partial charge in [0.2, 0.25) is 0 Å². The number of hydrogen-bond donors (Lipinski definition) is 3. The average molecular weight is 438 g/mol. The van der Waals surface area contributed by atoms with Crippen LogP contribution in [0, 0.1) is 6.92 Å². The summed E-state index contributed by atoms with van der Waals surface area (Å²) in [6.45, 7) is 1.81. The molecular formula is C22H18N2O6S. The van der Waals surface area contributed by atoms with E-state index in [1.54, 1.807) is 12.1 Å². The number of methoxy groups -OCH3 is 1. The van der Waals surface area contributed by atoms with Crippen LogP contribution in [0.1, 0.15) is 37.4 Å². The third-order valence-electron chi connectivity index (χ3n) is 5.09. The van der Waals surface area contributed by atoms with Crippen LogP contribution in [-0.2, 0) is 10.0 Å². The summed E-state index contributed by atoms with van der Waals surface area (Å²) in [5, 5.41) is 10.3. The second-order valence-electron chi connectivity index (χ2n) is 7.10. The SMILES string of the molecule is COc1ccc2c(c1)C(=O)c1c(NS(=O)(=O)c3ccc(C)cc3)cc(O)c(N)c1C2=O. The summed E-state index contributed by atoms with van der Waals surface area (Å²) < 4.78 is 33.2. The number of phenolic OH excluding ortho intramolecular Hbond substituents is 1. The van der Waals surface area contributed by atoms with Crippen LogP contribution in [0.5, 0.6) is 11.5 Å². The van der Waals surface area contributed by atoms with Crippen LogP contribution < -0.4 is 15.2 Å². The number of nitrogens with one attached hydrogen (secondary N) is 1. The van der Waals surface area contributed by atoms with E-state index in [-0.39, 0.29) is 38.5 Å². The molecule has 0 aromatic heterocycles. The molecule has 31 heavy (non-hydrogen) atoms. The lowest BCUT2D eigenvalue weighted by atomic mass is 9.82. The maximum absolute atomic E-state index is 13.3. The van der Waals surface area contributed by atoms with Gasteiger partial charge in [0.1, 0.15) is 11.5 Å². The second kappa shape index (κ2) is 7.13. The maximum atomic E-state index is 13.3. The second-order valence-corrected chi connectivity index (χ2v) is 8.78. The molecule has 0 atom stereocenters. The van der Waals surface area contributed by atoms with E-state index in [2.05, 4.69) is 4.72 Å². The van der Waals surface area contributed by atoms with Gasteiger partial charge in [0.15, 0.2) is 11.6 Å². The van der Waals surface area contributed by atoms with E-state index in [0.29, 0.717) is 5.75 Å². The van der Waals surface area contributed by atoms with Crippen molar-refractivity contribution in [3.05, 3.63) is 76.3 Å². The summed E-state index contributed by atoms with van der Waals surface area (Å²) in [7, 11) is -2.70. The van der Waals surface area contributed by atoms with Crippen LogP contribution in [0.2, 0.25) is 0 Å². The van der Waals surface area contributed by atoms with Crippen molar-refractivity contribution < 1.29 is 27.9 Å². The Labute approximate surface area is 178 Å². The smallest absolute Gasteiger partial charge is 0.261 e. The minimum atomic E-state index is -4.11. The third kappa shape index (κ3) is 3.28. The van der Waals surface area contributed by atoms with E-state index in [9.17, 15) is 23.1 Å². The molecule has 3 aromatic carbocycles. The number of hydrogen-bond acceptors (Lipinski definition) is 7. The van der Waals surface area contributed by atoms with Gasteiger partial charge in [-0.3, -0.25) is 14.3 Å². The molecule has 8 nitrogen and oxygen atoms in total. The zero-order valence-electron chi connectivity index (χ0n) is 16.6. The van der Waals surface area contributed by atoms with Crippen LogP contribution in [0.25, 0.3) is 0 Å². The molecule has 0 saturated carbocycles. The molecular weight excluding hydrogens is 420 g/mol. The van der Waals surface area contributed by atoms with E-state index in [1.807, 2.05) is 6.92 Å². The molecule has 0 bridgehead atoms. The van der Waals surface area contributed by atoms with Crippen LogP contribution in [-0.4, -0.2) is 32.2 Å². The van der Waals surface area contributed by atoms with Crippen LogP contribution in [0.4, 0.5) is 11.4 Å². The first-order valence-electron chi connectivity index (χ1n) is 9.16. The van der Waals surface area contributed by atoms with Gasteiger partial charge in [0, 0.05) is 17.2 Å². The van der Waals surface area contributed by atoms with Gasteiger partial charge < -0.3 is 15.6 Å². The van der Waals surface area contributed by atoms with Gasteiger partial charge in [-0.25, -0.2) is 8.42 Å². The van der Waals surface area contributed by atoms with Gasteiger partial charge in [0.25, 0.3) is 10.0 Å². The molecule has 0 aliphatic heterocycles. The van der Waals surface area contributed by atoms with Crippen molar-refractivity contribution in [2.24, 2.45) is 0 Å². The Morgan fingerprint density at radius 3 is 2.23 bits per heavy atom. The number of nitrogens with two attached hydrogens (primary N) is 1. The molecule has 3 aromatic rings. The van der Waals surface area contributed by atoms with Crippen molar-refractivity contribution in [1.29, 1.82) is 0 Å². The number of benzene rings is 3. The summed E-state index contributed by atoms with van der Waals surface area (Å²) >= 11 is 0. The Morgan fingerprint density at radius 2 is 1.58 bits per heavy atom. The molecule has 0 heterocycles. The average Bonchev–Trinajstić information content (AvgIpc) is 2.74. The zero-order chi connectivity index (χ0) is 22.5. The summed E-state index contributed by atoms with van der Waals surface area (Å²) in [5.74, 6) is -1.37. The lowest BCUT2D eigenvalue weighted by Crippen LogP contribution is -2.25. The first-order chi connectivity index (χ1) is 14.6. The summed E-state index contributed by atoms with van der Waals surface area (Å²) in [4.78, 5) is 26.3. The number of aromatic hydroxyl groups is 1. The molecule has 1 aliphatic carbocycles. The predicted molar refractivity (Wildman–Crippen MR) is 114 cm³/mol. The number of carbonyl (C=O) groups excluding carboxylic acids is 2. The number of ether oxygens (including phenoxy) is 1. The number of fused-ring (bicyclic) bond motifs is 2. The minimum Gasteiger partial charge on any atom is -0.506 e. The highest BCUT2D eigenvalue weighted by Gasteiger charge is 2.36. The molecule has 0 amide bonds. The van der Waals surface area contributed by atoms with Crippen molar-refractivity contribution in [2.75, 3.05) is 17.6 Å². The molecule has 9 heteroatoms. The summed E-state index contributed by atoms with van der Waals surface area (Å²) in [5.41, 5.74) is 5.90. The maximum Gasteiger partial charge on any atom is 0.261 e. The van der Waals surface area contributed by atoms with Crippen LogP contribution in [0.3, 0.4) is 0 Å². The Hall–Kier alpha value is -3.85. The first-order valence-corrected chi connectivity index (χ1v) is 10.6. The van der Waals surface area contributed by atoms with Crippen molar-refractivity contribution in [3.8, 4) is 11.5 Å². The van der Waals surface area contributed by atoms with Gasteiger partial charge in [-0.1, -0.05) is 17.7 Å². The number of nitrogen functional groups attached to an aromatic ring is 1. The fourth-order valence-corrected chi connectivity index (χ4v) is 4.53. The molecule has 0 fully saturated rings. The van der Waals surface area contributed by atoms with E-state index >= 15 is 0 Å². The quantitative estimate of drug-likeness (QED) is 0.329. The number of rotatable bonds is 4. The normalized spacial score (nSPS) is 12.8. The summed E-state index contributed by atoms with van der Waals surface area (Å²) in [6.07, 6.45) is 0. The molecule has 4 rings (SSSR count). The molecule has 1 aliphatic rings. The minimum absolute atomic E-state index is 0.0418. The van der Waals surface area contributed by atoms with Crippen molar-refractivity contribution in [3.63, 3.8) is 0 Å². The molecule has 0 saturated heterocycles. The molecule has 4 N–H and O–H groups in total. The van der Waals surface area contributed by atoms with Crippen LogP contribution >= 0.6 is 0 Å². The van der Waals surface area contributed by atoms with E-state index < -0.39 is 27.3 Å². The number of aryl methyl sites for hydroxylation is 1. The number of anilines is 2. The van der Waals surface area contributed by atoms with E-state index in [1.165, 1.54) is 37.4 Å². The van der Waals surface area contributed by atoms with Crippen molar-refractivity contribution in [1.82, 2.24) is 0 Å². The largest absolute Gasteiger partial charge is 0.506 e. The topological polar surface area (TPSA) is 136 Å². The highest BCUT2D eigenvalue weighted by atomic mass is 32.2. The van der Waals surface area contributed by atoms with Gasteiger partial charge in [-0.2, -0.15) is 0 Å². The monoisotopic (exact) mass is 438 g/mol. The third-order valence-corrected chi connectivity index (χ3v) is 6.47. The first kappa shape index (κ1) is 20.4. The zero-order valence-corrected chi connectivity index (χ0v) is 17.4. The lowest BCUT2D eigenvalue weighted by Gasteiger charge is -2.23. The predicted octanol–water partition coefficient (Wildman–Crippen LogP) is 2.87. The number of carbonyl (C=O) groups is 2. The molecule has 0 radical (unpaired) electrons. The number of ketones is 2. The van der Waals surface area contributed by atoms with Crippen molar-refractivity contribution >= 4 is 33.0 Å². The molecule has 158 valence electrons. The lowest BCUT2D eigenvalue weighted by molar-refractivity contribution is 0.0980. The molecule has 0 spiro atoms. The summed E-state index contributed by atoms with van der Waals surface area (Å²) in [6, 6.07) is 11.5. The van der Waals surface area contributed by atoms with Crippen LogP contribution in [0.15, 0.2) is 53.4 Å². The van der Waals surface area contributed by atoms with Gasteiger partial charge in [-0.15, -0.1) is 0 Å². The fourth-order valence-electron chi connectivity index (χ4n) is 3.46. The fraction of sp³-hybridized carbons (Fsp3) is 0.0909. The number of sulfonamides is 1. The Balaban J connectivity index is 1.91. The van der Waals surface area contributed by atoms with Crippen molar-refractivity contribution in [2.45, 2.75) is 11.8 Å². The van der Waals surface area contributed by atoms with Gasteiger partial charge >= 0.3 is 0 Å². The standard InChI is InChI=1S/C22H18N2O6S/c1-11-3-6-13(7-4-11)31(28,29)24-16-10-17(25)20(23)19-18(16)22(27)15-9-12(30-2)5-8-14(15)21(19)26/h3-10,24-25H,23H2,1-2H3. The Kier molecular flexibility index (Phi) is 4.70. The Morgan fingerprint density at radius 1 is 0.935 bits per heavy atom. The van der Waals surface area contributed by atoms with Gasteiger partial charge in [-0.05, 0) is 37.3 Å². The Bertz CT molecular complexity index is 1360. The van der Waals surface area contributed by atoms with Gasteiger partial charge in [0.05, 0.1) is 34.5 Å². The highest BCUT2D eigenvalue weighted by molar-refractivity contribution is 7.92. The molecule has 0 unspecified atom stereocenters. The van der Waals surface area contributed by atoms with E-state index in [4.69, 9.17) is 10.5 Å². The number of phenols is 1. The highest BCUT2D eigenvalue weighted by Crippen LogP contribution is 2.41.